The molecule has 1 aliphatic carbocycles. The zero-order valence-corrected chi connectivity index (χ0v) is 21.7. The van der Waals surface area contributed by atoms with Gasteiger partial charge < -0.3 is 4.90 Å². The van der Waals surface area contributed by atoms with Crippen molar-refractivity contribution in [3.05, 3.63) is 123 Å². The number of para-hydroxylation sites is 1. The zero-order chi connectivity index (χ0) is 24.2. The second-order valence-electron chi connectivity index (χ2n) is 9.84. The van der Waals surface area contributed by atoms with Crippen molar-refractivity contribution in [3.8, 4) is 0 Å². The van der Waals surface area contributed by atoms with Crippen molar-refractivity contribution in [2.24, 2.45) is 5.92 Å². The number of nitrogens with zero attached hydrogens (tertiary/aromatic N) is 1. The molecule has 0 saturated carbocycles. The van der Waals surface area contributed by atoms with Crippen molar-refractivity contribution in [2.45, 2.75) is 24.8 Å². The van der Waals surface area contributed by atoms with Gasteiger partial charge in [0.15, 0.2) is 5.78 Å². The fourth-order valence-corrected chi connectivity index (χ4v) is 7.59. The quantitative estimate of drug-likeness (QED) is 0.269. The topological polar surface area (TPSA) is 20.3 Å². The minimum atomic E-state index is -0.572. The Kier molecular flexibility index (Phi) is 5.21. The first-order chi connectivity index (χ1) is 16.9. The van der Waals surface area contributed by atoms with Crippen LogP contribution in [0.3, 0.4) is 0 Å². The van der Waals surface area contributed by atoms with Crippen molar-refractivity contribution in [1.82, 2.24) is 0 Å². The maximum absolute atomic E-state index is 14.5. The van der Waals surface area contributed by atoms with E-state index in [2.05, 4.69) is 104 Å². The lowest BCUT2D eigenvalue weighted by molar-refractivity contribution is 0.0890. The van der Waals surface area contributed by atoms with Crippen LogP contribution >= 0.6 is 22.7 Å². The fourth-order valence-electron chi connectivity index (χ4n) is 6.18. The summed E-state index contributed by atoms with van der Waals surface area (Å²) in [5, 5.41) is 4.12. The molecule has 2 aromatic carbocycles. The molecule has 0 unspecified atom stereocenters. The highest BCUT2D eigenvalue weighted by molar-refractivity contribution is 7.12. The molecular formula is C31H27NOS2. The molecule has 4 heteroatoms. The summed E-state index contributed by atoms with van der Waals surface area (Å²) in [6, 6.07) is 27.3. The molecule has 0 bridgehead atoms. The first kappa shape index (κ1) is 22.3. The molecule has 4 aromatic rings. The Balaban J connectivity index is 1.69. The number of fused-ring (bicyclic) bond motifs is 1. The number of carbonyl (C=O) groups excluding carboxylic acids is 1. The van der Waals surface area contributed by atoms with Gasteiger partial charge in [-0.2, -0.15) is 0 Å². The second-order valence-corrected chi connectivity index (χ2v) is 11.7. The fraction of sp³-hybridized carbons (Fsp3) is 0.194. The molecular weight excluding hydrogens is 466 g/mol. The molecule has 0 radical (unpaired) electrons. The lowest BCUT2D eigenvalue weighted by Crippen LogP contribution is -2.61. The van der Waals surface area contributed by atoms with Gasteiger partial charge in [0.25, 0.3) is 0 Å². The highest BCUT2D eigenvalue weighted by Crippen LogP contribution is 2.60. The molecule has 1 spiro atoms. The van der Waals surface area contributed by atoms with Gasteiger partial charge in [0.2, 0.25) is 0 Å². The third kappa shape index (κ3) is 3.17. The minimum absolute atomic E-state index is 0.185. The first-order valence-electron chi connectivity index (χ1n) is 11.9. The molecule has 2 nitrogen and oxygen atoms in total. The van der Waals surface area contributed by atoms with E-state index in [1.54, 1.807) is 11.3 Å². The monoisotopic (exact) mass is 493 g/mol. The van der Waals surface area contributed by atoms with E-state index >= 15 is 0 Å². The number of rotatable bonds is 4. The first-order valence-corrected chi connectivity index (χ1v) is 13.7. The number of ketones is 1. The molecule has 0 N–H and O–H groups in total. The van der Waals surface area contributed by atoms with Gasteiger partial charge in [-0.05, 0) is 63.4 Å². The van der Waals surface area contributed by atoms with Crippen molar-refractivity contribution in [2.75, 3.05) is 11.9 Å². The molecule has 0 fully saturated rings. The number of anilines is 1. The molecule has 3 heterocycles. The van der Waals surface area contributed by atoms with Crippen molar-refractivity contribution in [1.29, 1.82) is 0 Å². The van der Waals surface area contributed by atoms with E-state index in [4.69, 9.17) is 0 Å². The third-order valence-electron chi connectivity index (χ3n) is 7.87. The normalized spacial score (nSPS) is 22.6. The summed E-state index contributed by atoms with van der Waals surface area (Å²) in [6.07, 6.45) is 4.65. The van der Waals surface area contributed by atoms with Gasteiger partial charge in [0.05, 0.1) is 16.3 Å². The Morgan fingerprint density at radius 2 is 1.57 bits per heavy atom. The summed E-state index contributed by atoms with van der Waals surface area (Å²) in [5.41, 5.74) is 4.96. The lowest BCUT2D eigenvalue weighted by atomic mass is 9.57. The van der Waals surface area contributed by atoms with Crippen LogP contribution in [0, 0.1) is 5.92 Å². The van der Waals surface area contributed by atoms with Crippen LogP contribution in [0.25, 0.3) is 11.1 Å². The van der Waals surface area contributed by atoms with E-state index in [0.717, 1.165) is 16.0 Å². The zero-order valence-electron chi connectivity index (χ0n) is 20.1. The molecule has 0 saturated heterocycles. The number of Topliss-reactive ketones (excluding diaryl/α,β-unsaturated/α-hetero) is 1. The molecule has 2 aliphatic rings. The van der Waals surface area contributed by atoms with Crippen LogP contribution < -0.4 is 4.90 Å². The summed E-state index contributed by atoms with van der Waals surface area (Å²) in [7, 11) is 2.17. The number of allylic oxidation sites excluding steroid dienone is 2. The number of hydrogen-bond acceptors (Lipinski definition) is 4. The standard InChI is InChI=1S/C31H27NOS2/c1-30(2)24-13-7-8-14-25(24)32(3)31(30)20-22(26-15-9-17-34-26)19-23(21-11-5-4-6-12-21)28(31)29(33)27-16-10-18-35-27/h4-20,28H,1-3H3/t28-,31-/m1/s1. The smallest absolute Gasteiger partial charge is 0.182 e. The third-order valence-corrected chi connectivity index (χ3v) is 9.68. The van der Waals surface area contributed by atoms with E-state index in [0.29, 0.717) is 0 Å². The van der Waals surface area contributed by atoms with Crippen molar-refractivity contribution in [3.63, 3.8) is 0 Å². The average Bonchev–Trinajstić information content (AvgIpc) is 3.64. The Labute approximate surface area is 214 Å². The van der Waals surface area contributed by atoms with Crippen LogP contribution in [-0.2, 0) is 5.41 Å². The van der Waals surface area contributed by atoms with Gasteiger partial charge in [0, 0.05) is 23.0 Å². The van der Waals surface area contributed by atoms with Crippen LogP contribution in [0.1, 0.15) is 39.5 Å². The summed E-state index contributed by atoms with van der Waals surface area (Å²) in [6.45, 7) is 4.61. The van der Waals surface area contributed by atoms with Crippen LogP contribution in [0.15, 0.2) is 102 Å². The predicted octanol–water partition coefficient (Wildman–Crippen LogP) is 7.96. The van der Waals surface area contributed by atoms with E-state index in [9.17, 15) is 4.79 Å². The van der Waals surface area contributed by atoms with Crippen LogP contribution in [0.2, 0.25) is 0 Å². The molecule has 6 rings (SSSR count). The van der Waals surface area contributed by atoms with E-state index in [1.807, 2.05) is 23.6 Å². The lowest BCUT2D eigenvalue weighted by Gasteiger charge is -2.52. The largest absolute Gasteiger partial charge is 0.363 e. The molecule has 1 aliphatic heterocycles. The van der Waals surface area contributed by atoms with Crippen molar-refractivity contribution >= 4 is 45.3 Å². The van der Waals surface area contributed by atoms with Crippen LogP contribution in [0.4, 0.5) is 5.69 Å². The van der Waals surface area contributed by atoms with Gasteiger partial charge in [-0.1, -0.05) is 74.5 Å². The number of benzene rings is 2. The summed E-state index contributed by atoms with van der Waals surface area (Å²) < 4.78 is 0. The Morgan fingerprint density at radius 1 is 0.857 bits per heavy atom. The number of hydrogen-bond donors (Lipinski definition) is 0. The number of carbonyl (C=O) groups is 1. The van der Waals surface area contributed by atoms with E-state index in [-0.39, 0.29) is 17.1 Å². The maximum atomic E-state index is 14.5. The SMILES string of the molecule is CN1c2ccccc2C(C)(C)[C@]12C=C(c1cccs1)C=C(c1ccccc1)[C@@H]2C(=O)c1cccs1. The van der Waals surface area contributed by atoms with Crippen LogP contribution in [-0.4, -0.2) is 18.4 Å². The Bertz CT molecular complexity index is 1440. The van der Waals surface area contributed by atoms with Gasteiger partial charge in [-0.3, -0.25) is 4.79 Å². The number of thiophene rings is 2. The highest BCUT2D eigenvalue weighted by Gasteiger charge is 2.62. The van der Waals surface area contributed by atoms with Gasteiger partial charge in [-0.15, -0.1) is 22.7 Å². The maximum Gasteiger partial charge on any atom is 0.182 e. The van der Waals surface area contributed by atoms with E-state index < -0.39 is 5.54 Å². The summed E-state index contributed by atoms with van der Waals surface area (Å²) in [5.74, 6) is -0.177. The Hall–Kier alpha value is -3.21. The Morgan fingerprint density at radius 3 is 2.26 bits per heavy atom. The molecule has 174 valence electrons. The number of likely N-dealkylation sites (N-methyl/N-ethyl adjacent to an activating group) is 1. The summed E-state index contributed by atoms with van der Waals surface area (Å²) >= 11 is 3.28. The molecule has 35 heavy (non-hydrogen) atoms. The molecule has 0 amide bonds. The minimum Gasteiger partial charge on any atom is -0.363 e. The average molecular weight is 494 g/mol. The van der Waals surface area contributed by atoms with Gasteiger partial charge in [0.1, 0.15) is 0 Å². The molecule has 2 atom stereocenters. The molecule has 2 aromatic heterocycles. The predicted molar refractivity (Wildman–Crippen MR) is 149 cm³/mol. The van der Waals surface area contributed by atoms with Gasteiger partial charge in [-0.25, -0.2) is 0 Å². The van der Waals surface area contributed by atoms with Gasteiger partial charge >= 0.3 is 0 Å². The summed E-state index contributed by atoms with van der Waals surface area (Å²) in [4.78, 5) is 18.9. The van der Waals surface area contributed by atoms with E-state index in [1.165, 1.54) is 33.0 Å². The highest BCUT2D eigenvalue weighted by atomic mass is 32.1. The van der Waals surface area contributed by atoms with Crippen LogP contribution in [0.5, 0.6) is 0 Å². The second kappa shape index (κ2) is 8.18. The van der Waals surface area contributed by atoms with Crippen molar-refractivity contribution < 1.29 is 4.79 Å².